The highest BCUT2D eigenvalue weighted by Crippen LogP contribution is 2.07. The molecule has 2 heterocycles. The molecule has 0 atom stereocenters. The molecule has 4 nitrogen and oxygen atoms in total. The predicted molar refractivity (Wildman–Crippen MR) is 51.6 cm³/mol. The maximum atomic E-state index is 5.60. The van der Waals surface area contributed by atoms with Crippen LogP contribution in [-0.4, -0.2) is 18.2 Å². The van der Waals surface area contributed by atoms with E-state index in [0.717, 1.165) is 12.0 Å². The fourth-order valence-electron chi connectivity index (χ4n) is 0.745. The largest absolute Gasteiger partial charge is 0.244 e. The summed E-state index contributed by atoms with van der Waals surface area (Å²) in [5, 5.41) is 4.66. The van der Waals surface area contributed by atoms with Gasteiger partial charge in [-0.2, -0.15) is 0 Å². The van der Waals surface area contributed by atoms with E-state index < -0.39 is 0 Å². The Balaban J connectivity index is 0.000000146. The van der Waals surface area contributed by atoms with Crippen LogP contribution in [0.5, 0.6) is 0 Å². The second-order valence-corrected chi connectivity index (χ2v) is 3.03. The van der Waals surface area contributed by atoms with Crippen LogP contribution in [0, 0.1) is 6.92 Å². The highest BCUT2D eigenvalue weighted by molar-refractivity contribution is 6.30. The minimum atomic E-state index is 0.590. The molecule has 0 unspecified atom stereocenters. The monoisotopic (exact) mass is 217 g/mol. The molecule has 0 N–H and O–H groups in total. The molecule has 1 aliphatic rings. The Morgan fingerprint density at radius 2 is 2.07 bits per heavy atom. The van der Waals surface area contributed by atoms with Crippen molar-refractivity contribution in [3.63, 3.8) is 0 Å². The van der Waals surface area contributed by atoms with Crippen molar-refractivity contribution in [2.45, 2.75) is 13.3 Å². The molecule has 0 aromatic carbocycles. The molecule has 1 aromatic rings. The molecule has 0 bridgehead atoms. The van der Waals surface area contributed by atoms with Crippen LogP contribution in [0.25, 0.3) is 0 Å². The first kappa shape index (κ1) is 11.4. The molecule has 0 amide bonds. The number of hydrogen-bond acceptors (Lipinski definition) is 4. The molecule has 0 saturated carbocycles. The van der Waals surface area contributed by atoms with Crippen molar-refractivity contribution in [2.24, 2.45) is 0 Å². The summed E-state index contributed by atoms with van der Waals surface area (Å²) in [7, 11) is 0. The standard InChI is InChI=1S/C6H6ClN.C3H6O3/c1-5-3-2-4-8-6(5)7;1-2-4-6-5-3-1/h2-4H,1H3;1-3H2. The van der Waals surface area contributed by atoms with Crippen LogP contribution in [0.2, 0.25) is 5.15 Å². The molecule has 1 aromatic heterocycles. The Morgan fingerprint density at radius 3 is 2.36 bits per heavy atom. The Kier molecular flexibility index (Phi) is 5.47. The lowest BCUT2D eigenvalue weighted by Gasteiger charge is -2.06. The lowest BCUT2D eigenvalue weighted by Crippen LogP contribution is -2.08. The number of rotatable bonds is 0. The van der Waals surface area contributed by atoms with E-state index in [4.69, 9.17) is 11.6 Å². The molecule has 78 valence electrons. The third kappa shape index (κ3) is 4.53. The Morgan fingerprint density at radius 1 is 1.36 bits per heavy atom. The van der Waals surface area contributed by atoms with Crippen molar-refractivity contribution in [2.75, 3.05) is 13.2 Å². The van der Waals surface area contributed by atoms with Gasteiger partial charge in [-0.05, 0) is 18.6 Å². The molecule has 1 aliphatic heterocycles. The van der Waals surface area contributed by atoms with Crippen molar-refractivity contribution < 1.29 is 14.8 Å². The van der Waals surface area contributed by atoms with Crippen molar-refractivity contribution in [1.82, 2.24) is 4.98 Å². The molecule has 2 rings (SSSR count). The van der Waals surface area contributed by atoms with Gasteiger partial charge in [-0.1, -0.05) is 22.7 Å². The van der Waals surface area contributed by atoms with E-state index in [1.807, 2.05) is 19.1 Å². The van der Waals surface area contributed by atoms with Crippen LogP contribution in [0.15, 0.2) is 18.3 Å². The van der Waals surface area contributed by atoms with E-state index >= 15 is 0 Å². The molecule has 0 radical (unpaired) electrons. The molecule has 1 fully saturated rings. The van der Waals surface area contributed by atoms with Crippen molar-refractivity contribution in [3.8, 4) is 0 Å². The van der Waals surface area contributed by atoms with E-state index in [2.05, 4.69) is 19.8 Å². The number of halogens is 1. The SMILES string of the molecule is C1COOOC1.Cc1cccnc1Cl. The van der Waals surface area contributed by atoms with Gasteiger partial charge in [-0.15, -0.1) is 0 Å². The van der Waals surface area contributed by atoms with Gasteiger partial charge < -0.3 is 0 Å². The third-order valence-corrected chi connectivity index (χ3v) is 1.89. The van der Waals surface area contributed by atoms with Gasteiger partial charge in [0, 0.05) is 12.6 Å². The van der Waals surface area contributed by atoms with Crippen LogP contribution < -0.4 is 0 Å². The van der Waals surface area contributed by atoms with E-state index in [0.29, 0.717) is 18.4 Å². The Bertz CT molecular complexity index is 233. The van der Waals surface area contributed by atoms with E-state index in [1.165, 1.54) is 0 Å². The summed E-state index contributed by atoms with van der Waals surface area (Å²) in [4.78, 5) is 12.5. The normalized spacial score (nSPS) is 15.6. The molecular formula is C9H12ClNO3. The Labute approximate surface area is 87.6 Å². The van der Waals surface area contributed by atoms with E-state index in [9.17, 15) is 0 Å². The highest BCUT2D eigenvalue weighted by Gasteiger charge is 1.96. The lowest BCUT2D eigenvalue weighted by atomic mass is 10.3. The zero-order valence-corrected chi connectivity index (χ0v) is 8.66. The maximum absolute atomic E-state index is 5.60. The number of pyridine rings is 1. The molecule has 14 heavy (non-hydrogen) atoms. The lowest BCUT2D eigenvalue weighted by molar-refractivity contribution is -0.532. The average molecular weight is 218 g/mol. The molecule has 0 spiro atoms. The number of aromatic nitrogens is 1. The molecule has 1 saturated heterocycles. The van der Waals surface area contributed by atoms with Crippen LogP contribution in [0.4, 0.5) is 0 Å². The van der Waals surface area contributed by atoms with Gasteiger partial charge in [0.05, 0.1) is 13.2 Å². The number of aryl methyl sites for hydroxylation is 1. The molecule has 5 heteroatoms. The van der Waals surface area contributed by atoms with E-state index in [-0.39, 0.29) is 0 Å². The smallest absolute Gasteiger partial charge is 0.131 e. The summed E-state index contributed by atoms with van der Waals surface area (Å²) in [5.74, 6) is 0. The van der Waals surface area contributed by atoms with Crippen LogP contribution in [-0.2, 0) is 14.8 Å². The number of nitrogens with zero attached hydrogens (tertiary/aromatic N) is 1. The number of hydrogen-bond donors (Lipinski definition) is 0. The van der Waals surface area contributed by atoms with Crippen LogP contribution >= 0.6 is 11.6 Å². The molecular weight excluding hydrogens is 206 g/mol. The van der Waals surface area contributed by atoms with E-state index in [1.54, 1.807) is 6.20 Å². The summed E-state index contributed by atoms with van der Waals surface area (Å²) in [6.07, 6.45) is 2.61. The fraction of sp³-hybridized carbons (Fsp3) is 0.444. The second kappa shape index (κ2) is 6.73. The van der Waals surface area contributed by atoms with Crippen molar-refractivity contribution in [1.29, 1.82) is 0 Å². The zero-order chi connectivity index (χ0) is 10.2. The minimum absolute atomic E-state index is 0.590. The summed E-state index contributed by atoms with van der Waals surface area (Å²) in [6, 6.07) is 3.79. The quantitative estimate of drug-likeness (QED) is 0.494. The summed E-state index contributed by atoms with van der Waals surface area (Å²) < 4.78 is 0. The van der Waals surface area contributed by atoms with Crippen molar-refractivity contribution in [3.05, 3.63) is 29.0 Å². The van der Waals surface area contributed by atoms with Gasteiger partial charge in [0.1, 0.15) is 5.15 Å². The topological polar surface area (TPSA) is 40.6 Å². The maximum Gasteiger partial charge on any atom is 0.131 e. The van der Waals surface area contributed by atoms with Gasteiger partial charge in [0.2, 0.25) is 0 Å². The molecule has 0 aliphatic carbocycles. The highest BCUT2D eigenvalue weighted by atomic mass is 35.5. The van der Waals surface area contributed by atoms with Crippen LogP contribution in [0.3, 0.4) is 0 Å². The first-order valence-electron chi connectivity index (χ1n) is 4.29. The van der Waals surface area contributed by atoms with Gasteiger partial charge >= 0.3 is 0 Å². The van der Waals surface area contributed by atoms with Gasteiger partial charge in [-0.3, -0.25) is 0 Å². The zero-order valence-electron chi connectivity index (χ0n) is 7.90. The van der Waals surface area contributed by atoms with Crippen LogP contribution in [0.1, 0.15) is 12.0 Å². The summed E-state index contributed by atoms with van der Waals surface area (Å²) in [5.41, 5.74) is 1.02. The van der Waals surface area contributed by atoms with Crippen molar-refractivity contribution >= 4 is 11.6 Å². The third-order valence-electron chi connectivity index (χ3n) is 1.50. The summed E-state index contributed by atoms with van der Waals surface area (Å²) in [6.45, 7) is 3.23. The van der Waals surface area contributed by atoms with Gasteiger partial charge in [0.15, 0.2) is 0 Å². The minimum Gasteiger partial charge on any atom is -0.244 e. The first-order valence-corrected chi connectivity index (χ1v) is 4.66. The van der Waals surface area contributed by atoms with Gasteiger partial charge in [0.25, 0.3) is 0 Å². The summed E-state index contributed by atoms with van der Waals surface area (Å²) >= 11 is 5.60. The Hall–Kier alpha value is -0.680. The second-order valence-electron chi connectivity index (χ2n) is 2.68. The fourth-order valence-corrected chi connectivity index (χ4v) is 0.865. The first-order chi connectivity index (χ1) is 6.80. The predicted octanol–water partition coefficient (Wildman–Crippen LogP) is 2.31. The van der Waals surface area contributed by atoms with Gasteiger partial charge in [-0.25, -0.2) is 14.8 Å². The average Bonchev–Trinajstić information content (AvgIpc) is 2.26.